The lowest BCUT2D eigenvalue weighted by Crippen LogP contribution is -2.25. The summed E-state index contributed by atoms with van der Waals surface area (Å²) in [6, 6.07) is 9.68. The van der Waals surface area contributed by atoms with Crippen LogP contribution in [0.5, 0.6) is 0 Å². The number of amides is 1. The maximum Gasteiger partial charge on any atom is 0.261 e. The summed E-state index contributed by atoms with van der Waals surface area (Å²) in [5.41, 5.74) is 3.13. The van der Waals surface area contributed by atoms with E-state index in [2.05, 4.69) is 4.72 Å². The number of carbonyl (C=O) groups excluding carboxylic acids is 2. The van der Waals surface area contributed by atoms with Gasteiger partial charge in [-0.25, -0.2) is 8.42 Å². The van der Waals surface area contributed by atoms with Crippen molar-refractivity contribution in [2.24, 2.45) is 0 Å². The molecule has 0 aliphatic carbocycles. The van der Waals surface area contributed by atoms with Gasteiger partial charge in [-0.3, -0.25) is 14.3 Å². The molecule has 1 aliphatic heterocycles. The second kappa shape index (κ2) is 6.57. The fourth-order valence-corrected chi connectivity index (χ4v) is 4.20. The highest BCUT2D eigenvalue weighted by atomic mass is 32.2. The van der Waals surface area contributed by atoms with Gasteiger partial charge < -0.3 is 4.90 Å². The lowest BCUT2D eigenvalue weighted by molar-refractivity contribution is -0.116. The van der Waals surface area contributed by atoms with Crippen LogP contribution in [0.15, 0.2) is 41.3 Å². The predicted octanol–water partition coefficient (Wildman–Crippen LogP) is 2.91. The molecule has 7 heteroatoms. The summed E-state index contributed by atoms with van der Waals surface area (Å²) in [5.74, 6) is -0.193. The molecule has 1 amide bonds. The molecule has 0 atom stereocenters. The Morgan fingerprint density at radius 2 is 1.81 bits per heavy atom. The summed E-state index contributed by atoms with van der Waals surface area (Å²) >= 11 is 0. The third kappa shape index (κ3) is 3.35. The van der Waals surface area contributed by atoms with Crippen molar-refractivity contribution in [1.29, 1.82) is 0 Å². The summed E-state index contributed by atoms with van der Waals surface area (Å²) < 4.78 is 28.1. The molecule has 0 spiro atoms. The number of nitrogens with zero attached hydrogens (tertiary/aromatic N) is 1. The molecule has 1 N–H and O–H groups in total. The number of aryl methyl sites for hydroxylation is 1. The number of anilines is 2. The molecule has 0 unspecified atom stereocenters. The van der Waals surface area contributed by atoms with Crippen molar-refractivity contribution in [2.75, 3.05) is 16.2 Å². The first-order chi connectivity index (χ1) is 12.2. The maximum absolute atomic E-state index is 12.8. The average molecular weight is 372 g/mol. The Hall–Kier alpha value is -2.67. The Labute approximate surface area is 152 Å². The molecule has 0 saturated carbocycles. The maximum atomic E-state index is 12.8. The van der Waals surface area contributed by atoms with Crippen LogP contribution in [-0.4, -0.2) is 26.7 Å². The van der Waals surface area contributed by atoms with E-state index in [-0.39, 0.29) is 16.6 Å². The monoisotopic (exact) mass is 372 g/mol. The van der Waals surface area contributed by atoms with Gasteiger partial charge in [0, 0.05) is 24.7 Å². The van der Waals surface area contributed by atoms with Crippen LogP contribution in [0.1, 0.15) is 35.3 Å². The van der Waals surface area contributed by atoms with Gasteiger partial charge in [-0.2, -0.15) is 0 Å². The molecule has 0 saturated heterocycles. The zero-order valence-electron chi connectivity index (χ0n) is 14.9. The number of benzene rings is 2. The number of carbonyl (C=O) groups is 2. The van der Waals surface area contributed by atoms with Crippen LogP contribution < -0.4 is 9.62 Å². The van der Waals surface area contributed by atoms with E-state index in [1.165, 1.54) is 19.9 Å². The van der Waals surface area contributed by atoms with E-state index in [0.29, 0.717) is 24.2 Å². The first-order valence-corrected chi connectivity index (χ1v) is 9.73. The number of rotatable bonds is 4. The topological polar surface area (TPSA) is 83.6 Å². The first kappa shape index (κ1) is 18.1. The van der Waals surface area contributed by atoms with Crippen molar-refractivity contribution >= 4 is 33.1 Å². The molecule has 0 aromatic heterocycles. The van der Waals surface area contributed by atoms with Crippen molar-refractivity contribution in [3.05, 3.63) is 53.1 Å². The molecule has 0 radical (unpaired) electrons. The Balaban J connectivity index is 1.94. The number of sulfonamides is 1. The first-order valence-electron chi connectivity index (χ1n) is 8.24. The van der Waals surface area contributed by atoms with E-state index >= 15 is 0 Å². The van der Waals surface area contributed by atoms with E-state index in [4.69, 9.17) is 0 Å². The fourth-order valence-electron chi connectivity index (χ4n) is 3.03. The highest BCUT2D eigenvalue weighted by molar-refractivity contribution is 7.92. The second-order valence-corrected chi connectivity index (χ2v) is 8.08. The summed E-state index contributed by atoms with van der Waals surface area (Å²) in [6.45, 7) is 5.26. The van der Waals surface area contributed by atoms with Crippen LogP contribution in [0.2, 0.25) is 0 Å². The zero-order chi connectivity index (χ0) is 19.1. The van der Waals surface area contributed by atoms with Crippen LogP contribution in [0.25, 0.3) is 0 Å². The number of hydrogen-bond donors (Lipinski definition) is 1. The van der Waals surface area contributed by atoms with Crippen molar-refractivity contribution < 1.29 is 18.0 Å². The summed E-state index contributed by atoms with van der Waals surface area (Å²) in [7, 11) is -3.80. The standard InChI is InChI=1S/C19H20N2O4S/c1-12-4-5-15(13(2)22)11-18(12)20-26(24,25)17-6-7-19-16(10-17)8-9-21(19)14(3)23/h4-7,10-11,20H,8-9H2,1-3H3. The normalized spacial score (nSPS) is 13.4. The summed E-state index contributed by atoms with van der Waals surface area (Å²) in [5, 5.41) is 0. The Bertz CT molecular complexity index is 1010. The molecule has 6 nitrogen and oxygen atoms in total. The second-order valence-electron chi connectivity index (χ2n) is 6.40. The van der Waals surface area contributed by atoms with Crippen LogP contribution in [0.4, 0.5) is 11.4 Å². The molecule has 0 bridgehead atoms. The lowest BCUT2D eigenvalue weighted by atomic mass is 10.1. The number of hydrogen-bond acceptors (Lipinski definition) is 4. The van der Waals surface area contributed by atoms with E-state index in [1.807, 2.05) is 0 Å². The highest BCUT2D eigenvalue weighted by Crippen LogP contribution is 2.31. The fraction of sp³-hybridized carbons (Fsp3) is 0.263. The minimum absolute atomic E-state index is 0.0610. The number of nitrogens with one attached hydrogen (secondary N) is 1. The van der Waals surface area contributed by atoms with Gasteiger partial charge >= 0.3 is 0 Å². The third-order valence-electron chi connectivity index (χ3n) is 4.53. The van der Waals surface area contributed by atoms with Gasteiger partial charge in [0.15, 0.2) is 5.78 Å². The van der Waals surface area contributed by atoms with Gasteiger partial charge in [-0.15, -0.1) is 0 Å². The van der Waals surface area contributed by atoms with E-state index in [0.717, 1.165) is 16.8 Å². The smallest absolute Gasteiger partial charge is 0.261 e. The number of Topliss-reactive ketones (excluding diaryl/α,β-unsaturated/α-hetero) is 1. The van der Waals surface area contributed by atoms with Gasteiger partial charge in [0.1, 0.15) is 0 Å². The van der Waals surface area contributed by atoms with Crippen LogP contribution in [0, 0.1) is 6.92 Å². The van der Waals surface area contributed by atoms with Crippen LogP contribution >= 0.6 is 0 Å². The highest BCUT2D eigenvalue weighted by Gasteiger charge is 2.25. The lowest BCUT2D eigenvalue weighted by Gasteiger charge is -2.15. The Morgan fingerprint density at radius 3 is 2.46 bits per heavy atom. The molecule has 3 rings (SSSR count). The zero-order valence-corrected chi connectivity index (χ0v) is 15.7. The van der Waals surface area contributed by atoms with Crippen molar-refractivity contribution in [1.82, 2.24) is 0 Å². The van der Waals surface area contributed by atoms with Crippen LogP contribution in [0.3, 0.4) is 0 Å². The molecule has 2 aromatic rings. The summed E-state index contributed by atoms with van der Waals surface area (Å²) in [4.78, 5) is 24.9. The SMILES string of the molecule is CC(=O)c1ccc(C)c(NS(=O)(=O)c2ccc3c(c2)CCN3C(C)=O)c1. The predicted molar refractivity (Wildman–Crippen MR) is 100 cm³/mol. The van der Waals surface area contributed by atoms with Gasteiger partial charge in [0.2, 0.25) is 5.91 Å². The van der Waals surface area contributed by atoms with E-state index in [1.54, 1.807) is 42.2 Å². The van der Waals surface area contributed by atoms with Crippen LogP contribution in [-0.2, 0) is 21.2 Å². The molecule has 26 heavy (non-hydrogen) atoms. The largest absolute Gasteiger partial charge is 0.312 e. The molecule has 2 aromatic carbocycles. The third-order valence-corrected chi connectivity index (χ3v) is 5.89. The molecule has 1 aliphatic rings. The molecule has 136 valence electrons. The molecular weight excluding hydrogens is 352 g/mol. The minimum Gasteiger partial charge on any atom is -0.312 e. The summed E-state index contributed by atoms with van der Waals surface area (Å²) in [6.07, 6.45) is 0.622. The van der Waals surface area contributed by atoms with Gasteiger partial charge in [-0.1, -0.05) is 12.1 Å². The van der Waals surface area contributed by atoms with Crippen molar-refractivity contribution in [2.45, 2.75) is 32.1 Å². The van der Waals surface area contributed by atoms with Gasteiger partial charge in [-0.05, 0) is 55.7 Å². The number of ketones is 1. The Morgan fingerprint density at radius 1 is 1.08 bits per heavy atom. The van der Waals surface area contributed by atoms with Gasteiger partial charge in [0.05, 0.1) is 10.6 Å². The molecule has 1 heterocycles. The van der Waals surface area contributed by atoms with Crippen molar-refractivity contribution in [3.63, 3.8) is 0 Å². The minimum atomic E-state index is -3.80. The quantitative estimate of drug-likeness (QED) is 0.837. The molecule has 0 fully saturated rings. The number of fused-ring (bicyclic) bond motifs is 1. The average Bonchev–Trinajstić information content (AvgIpc) is 2.99. The van der Waals surface area contributed by atoms with Crippen molar-refractivity contribution in [3.8, 4) is 0 Å². The molecular formula is C19H20N2O4S. The van der Waals surface area contributed by atoms with E-state index in [9.17, 15) is 18.0 Å². The Kier molecular flexibility index (Phi) is 4.58. The van der Waals surface area contributed by atoms with E-state index < -0.39 is 10.0 Å². The van der Waals surface area contributed by atoms with Gasteiger partial charge in [0.25, 0.3) is 10.0 Å².